The van der Waals surface area contributed by atoms with Crippen LogP contribution >= 0.6 is 15.9 Å². The number of fused-ring (bicyclic) bond motifs is 1. The lowest BCUT2D eigenvalue weighted by atomic mass is 10.2. The van der Waals surface area contributed by atoms with Gasteiger partial charge in [0, 0.05) is 31.2 Å². The van der Waals surface area contributed by atoms with E-state index in [1.165, 1.54) is 4.90 Å². The van der Waals surface area contributed by atoms with Crippen LogP contribution in [0.3, 0.4) is 0 Å². The summed E-state index contributed by atoms with van der Waals surface area (Å²) in [5.74, 6) is 0. The molecular weight excluding hydrogens is 551 g/mol. The van der Waals surface area contributed by atoms with Gasteiger partial charge in [-0.15, -0.1) is 0 Å². The van der Waals surface area contributed by atoms with E-state index in [9.17, 15) is 26.4 Å². The summed E-state index contributed by atoms with van der Waals surface area (Å²) in [5, 5.41) is 0. The topological polar surface area (TPSA) is 70.2 Å². The fourth-order valence-corrected chi connectivity index (χ4v) is 5.42. The van der Waals surface area contributed by atoms with E-state index in [-0.39, 0.29) is 13.1 Å². The molecule has 0 aliphatic carbocycles. The van der Waals surface area contributed by atoms with Crippen molar-refractivity contribution in [3.63, 3.8) is 0 Å². The number of amides is 1. The summed E-state index contributed by atoms with van der Waals surface area (Å²) in [5.41, 5.74) is -0.736. The zero-order chi connectivity index (χ0) is 26.2. The smallest absolute Gasteiger partial charge is 0.416 e. The van der Waals surface area contributed by atoms with Crippen LogP contribution in [0.25, 0.3) is 0 Å². The third-order valence-electron chi connectivity index (χ3n) is 5.28. The Morgan fingerprint density at radius 1 is 1.09 bits per heavy atom. The molecule has 0 N–H and O–H groups in total. The van der Waals surface area contributed by atoms with Gasteiger partial charge in [-0.3, -0.25) is 4.31 Å². The molecule has 0 radical (unpaired) electrons. The maximum Gasteiger partial charge on any atom is 0.416 e. The van der Waals surface area contributed by atoms with Gasteiger partial charge in [-0.25, -0.2) is 13.2 Å². The van der Waals surface area contributed by atoms with Gasteiger partial charge >= 0.3 is 12.3 Å². The average molecular weight is 578 g/mol. The van der Waals surface area contributed by atoms with Gasteiger partial charge < -0.3 is 14.5 Å². The summed E-state index contributed by atoms with van der Waals surface area (Å²) in [4.78, 5) is 15.2. The van der Waals surface area contributed by atoms with Crippen LogP contribution in [-0.4, -0.2) is 58.2 Å². The van der Waals surface area contributed by atoms with Crippen molar-refractivity contribution in [2.24, 2.45) is 0 Å². The molecule has 192 valence electrons. The zero-order valence-electron chi connectivity index (χ0n) is 19.8. The molecule has 12 heteroatoms. The highest BCUT2D eigenvalue weighted by atomic mass is 79.9. The van der Waals surface area contributed by atoms with Gasteiger partial charge in [-0.05, 0) is 57.2 Å². The van der Waals surface area contributed by atoms with Crippen LogP contribution in [0.1, 0.15) is 26.3 Å². The first kappa shape index (κ1) is 27.1. The second-order valence-corrected chi connectivity index (χ2v) is 11.9. The van der Waals surface area contributed by atoms with E-state index in [1.807, 2.05) is 4.90 Å². The van der Waals surface area contributed by atoms with E-state index >= 15 is 0 Å². The number of nitrogens with zero attached hydrogens (tertiary/aromatic N) is 3. The summed E-state index contributed by atoms with van der Waals surface area (Å²) in [6.07, 6.45) is -5.13. The van der Waals surface area contributed by atoms with E-state index in [0.717, 1.165) is 22.5 Å². The Balaban J connectivity index is 1.87. The van der Waals surface area contributed by atoms with E-state index in [4.69, 9.17) is 4.74 Å². The van der Waals surface area contributed by atoms with Crippen molar-refractivity contribution in [2.75, 3.05) is 42.4 Å². The highest BCUT2D eigenvalue weighted by molar-refractivity contribution is 9.10. The Hall–Kier alpha value is -2.47. The van der Waals surface area contributed by atoms with Crippen LogP contribution in [-0.2, 0) is 20.9 Å². The van der Waals surface area contributed by atoms with E-state index in [1.54, 1.807) is 46.0 Å². The maximum absolute atomic E-state index is 13.4. The van der Waals surface area contributed by atoms with Crippen LogP contribution < -0.4 is 9.21 Å². The zero-order valence-corrected chi connectivity index (χ0v) is 22.2. The van der Waals surface area contributed by atoms with Gasteiger partial charge in [-0.1, -0.05) is 22.0 Å². The number of halogens is 4. The van der Waals surface area contributed by atoms with E-state index in [0.29, 0.717) is 35.0 Å². The molecule has 3 rings (SSSR count). The molecule has 1 heterocycles. The molecule has 0 bridgehead atoms. The Labute approximate surface area is 211 Å². The second-order valence-electron chi connectivity index (χ2n) is 9.12. The molecule has 2 aromatic rings. The number of ether oxygens (including phenoxy) is 1. The first-order valence-corrected chi connectivity index (χ1v) is 13.0. The SMILES string of the molecule is CN(CCN1CCN(S(=O)(=O)c2cccc(C(F)(F)F)c2)c2cc(Br)ccc21)C(=O)OC(C)(C)C. The molecule has 0 fully saturated rings. The molecule has 1 amide bonds. The van der Waals surface area contributed by atoms with Crippen molar-refractivity contribution in [1.29, 1.82) is 0 Å². The number of hydrogen-bond acceptors (Lipinski definition) is 5. The number of rotatable bonds is 5. The Kier molecular flexibility index (Phi) is 7.66. The highest BCUT2D eigenvalue weighted by Gasteiger charge is 2.35. The van der Waals surface area contributed by atoms with E-state index in [2.05, 4.69) is 15.9 Å². The number of hydrogen-bond donors (Lipinski definition) is 0. The van der Waals surface area contributed by atoms with Crippen LogP contribution in [0, 0.1) is 0 Å². The highest BCUT2D eigenvalue weighted by Crippen LogP contribution is 2.39. The fourth-order valence-electron chi connectivity index (χ4n) is 3.56. The number of sulfonamides is 1. The van der Waals surface area contributed by atoms with Gasteiger partial charge in [0.1, 0.15) is 5.60 Å². The van der Waals surface area contributed by atoms with Crippen molar-refractivity contribution in [3.8, 4) is 0 Å². The van der Waals surface area contributed by atoms with Crippen molar-refractivity contribution >= 4 is 43.4 Å². The predicted molar refractivity (Wildman–Crippen MR) is 131 cm³/mol. The van der Waals surface area contributed by atoms with Gasteiger partial charge in [0.15, 0.2) is 0 Å². The van der Waals surface area contributed by atoms with Crippen molar-refractivity contribution < 1.29 is 31.1 Å². The van der Waals surface area contributed by atoms with Crippen LogP contribution in [0.15, 0.2) is 51.8 Å². The lowest BCUT2D eigenvalue weighted by molar-refractivity contribution is -0.137. The second kappa shape index (κ2) is 9.88. The standard InChI is InChI=1S/C23H27BrF3N3O4S/c1-22(2,3)34-21(31)28(4)10-11-29-12-13-30(20-15-17(24)8-9-19(20)29)35(32,33)18-7-5-6-16(14-18)23(25,26)27/h5-9,14-15H,10-13H2,1-4H3. The molecule has 0 unspecified atom stereocenters. The maximum atomic E-state index is 13.4. The van der Waals surface area contributed by atoms with Crippen molar-refractivity contribution in [1.82, 2.24) is 4.90 Å². The Bertz CT molecular complexity index is 1200. The lowest BCUT2D eigenvalue weighted by Gasteiger charge is -2.39. The van der Waals surface area contributed by atoms with Gasteiger partial charge in [0.25, 0.3) is 10.0 Å². The minimum absolute atomic E-state index is 0.0260. The molecule has 35 heavy (non-hydrogen) atoms. The first-order valence-electron chi connectivity index (χ1n) is 10.8. The monoisotopic (exact) mass is 577 g/mol. The summed E-state index contributed by atoms with van der Waals surface area (Å²) in [7, 11) is -2.65. The quantitative estimate of drug-likeness (QED) is 0.479. The molecule has 2 aromatic carbocycles. The summed E-state index contributed by atoms with van der Waals surface area (Å²) in [6, 6.07) is 8.83. The largest absolute Gasteiger partial charge is 0.444 e. The predicted octanol–water partition coefficient (Wildman–Crippen LogP) is 5.35. The molecule has 1 aliphatic rings. The molecular formula is C23H27BrF3N3O4S. The van der Waals surface area contributed by atoms with Gasteiger partial charge in [-0.2, -0.15) is 13.2 Å². The Morgan fingerprint density at radius 2 is 1.77 bits per heavy atom. The summed E-state index contributed by atoms with van der Waals surface area (Å²) < 4.78 is 73.4. The fraction of sp³-hybridized carbons (Fsp3) is 0.435. The first-order chi connectivity index (χ1) is 16.1. The number of carbonyl (C=O) groups is 1. The molecule has 0 saturated heterocycles. The minimum atomic E-state index is -4.66. The minimum Gasteiger partial charge on any atom is -0.444 e. The summed E-state index contributed by atoms with van der Waals surface area (Å²) >= 11 is 3.35. The third-order valence-corrected chi connectivity index (χ3v) is 7.58. The Morgan fingerprint density at radius 3 is 2.40 bits per heavy atom. The molecule has 7 nitrogen and oxygen atoms in total. The van der Waals surface area contributed by atoms with Crippen LogP contribution in [0.4, 0.5) is 29.3 Å². The van der Waals surface area contributed by atoms with Crippen LogP contribution in [0.2, 0.25) is 0 Å². The molecule has 0 saturated carbocycles. The lowest BCUT2D eigenvalue weighted by Crippen LogP contribution is -2.47. The normalized spacial score (nSPS) is 14.5. The third kappa shape index (κ3) is 6.40. The molecule has 0 spiro atoms. The number of anilines is 2. The number of carbonyl (C=O) groups excluding carboxylic acids is 1. The van der Waals surface area contributed by atoms with Gasteiger partial charge in [0.05, 0.1) is 28.4 Å². The number of likely N-dealkylation sites (N-methyl/N-ethyl adjacent to an activating group) is 1. The average Bonchev–Trinajstić information content (AvgIpc) is 2.75. The summed E-state index contributed by atoms with van der Waals surface area (Å²) in [6.45, 7) is 6.37. The molecule has 1 aliphatic heterocycles. The molecule has 0 aromatic heterocycles. The van der Waals surface area contributed by atoms with Gasteiger partial charge in [0.2, 0.25) is 0 Å². The van der Waals surface area contributed by atoms with Crippen LogP contribution in [0.5, 0.6) is 0 Å². The van der Waals surface area contributed by atoms with E-state index < -0.39 is 38.4 Å². The number of benzene rings is 2. The van der Waals surface area contributed by atoms with Crippen molar-refractivity contribution in [2.45, 2.75) is 37.4 Å². The molecule has 0 atom stereocenters. The van der Waals surface area contributed by atoms with Crippen molar-refractivity contribution in [3.05, 3.63) is 52.5 Å². The number of alkyl halides is 3.